The average Bonchev–Trinajstić information content (AvgIpc) is 2.65. The van der Waals surface area contributed by atoms with E-state index in [0.29, 0.717) is 19.4 Å². The molecule has 0 saturated carbocycles. The molecule has 3 heterocycles. The van der Waals surface area contributed by atoms with Crippen molar-refractivity contribution in [3.8, 4) is 0 Å². The van der Waals surface area contributed by atoms with E-state index in [1.165, 1.54) is 4.90 Å². The maximum Gasteiger partial charge on any atom is 0.397 e. The van der Waals surface area contributed by atoms with Crippen LogP contribution in [-0.2, 0) is 14.3 Å². The monoisotopic (exact) mass is 420 g/mol. The van der Waals surface area contributed by atoms with E-state index < -0.39 is 41.7 Å². The first-order valence-corrected chi connectivity index (χ1v) is 10.1. The van der Waals surface area contributed by atoms with Crippen molar-refractivity contribution in [2.45, 2.75) is 89.9 Å². The number of likely N-dealkylation sites (tertiary alicyclic amines) is 1. The van der Waals surface area contributed by atoms with E-state index >= 15 is 0 Å². The molecule has 29 heavy (non-hydrogen) atoms. The van der Waals surface area contributed by atoms with Crippen LogP contribution >= 0.6 is 0 Å². The highest BCUT2D eigenvalue weighted by Gasteiger charge is 2.60. The van der Waals surface area contributed by atoms with E-state index in [2.05, 4.69) is 0 Å². The van der Waals surface area contributed by atoms with Crippen LogP contribution in [0.1, 0.15) is 53.9 Å². The van der Waals surface area contributed by atoms with Crippen LogP contribution in [0.2, 0.25) is 0 Å². The number of esters is 1. The Morgan fingerprint density at radius 3 is 2.21 bits per heavy atom. The summed E-state index contributed by atoms with van der Waals surface area (Å²) in [5, 5.41) is 10.9. The van der Waals surface area contributed by atoms with Gasteiger partial charge in [0.15, 0.2) is 0 Å². The number of carbonyl (C=O) groups is 2. The van der Waals surface area contributed by atoms with Crippen molar-refractivity contribution >= 4 is 11.9 Å². The summed E-state index contributed by atoms with van der Waals surface area (Å²) in [6.45, 7) is 9.49. The zero-order chi connectivity index (χ0) is 21.9. The normalized spacial score (nSPS) is 32.6. The standard InChI is InChI=1S/C20H31F3N2O4/c1-18(2,3)29-17(28)19(4,5)10-25-12-6-11-7-13(25)16(27)15(12)24(9-11)14(26)8-20(21,22)23/h11-13,15-16,27H,6-10H2,1-5H3. The molecule has 1 amide bonds. The number of amides is 1. The van der Waals surface area contributed by atoms with Gasteiger partial charge in [-0.05, 0) is 53.4 Å². The molecular weight excluding hydrogens is 389 g/mol. The molecule has 3 rings (SSSR count). The van der Waals surface area contributed by atoms with Crippen LogP contribution in [0.5, 0.6) is 0 Å². The Hall–Kier alpha value is -1.35. The molecular formula is C20H31F3N2O4. The minimum absolute atomic E-state index is 0.0662. The van der Waals surface area contributed by atoms with Gasteiger partial charge in [0.25, 0.3) is 0 Å². The van der Waals surface area contributed by atoms with Gasteiger partial charge in [0.2, 0.25) is 5.91 Å². The van der Waals surface area contributed by atoms with Crippen molar-refractivity contribution in [2.75, 3.05) is 13.1 Å². The number of hydrogen-bond donors (Lipinski definition) is 1. The first kappa shape index (κ1) is 22.3. The van der Waals surface area contributed by atoms with E-state index in [9.17, 15) is 27.9 Å². The van der Waals surface area contributed by atoms with Gasteiger partial charge in [-0.3, -0.25) is 14.5 Å². The molecule has 9 heteroatoms. The van der Waals surface area contributed by atoms with Crippen LogP contribution < -0.4 is 0 Å². The number of nitrogens with zero attached hydrogens (tertiary/aromatic N) is 2. The molecule has 6 nitrogen and oxygen atoms in total. The number of aliphatic hydroxyl groups excluding tert-OH is 1. The molecule has 3 aliphatic rings. The quantitative estimate of drug-likeness (QED) is 0.707. The van der Waals surface area contributed by atoms with Crippen molar-refractivity contribution in [1.29, 1.82) is 0 Å². The number of rotatable bonds is 4. The van der Waals surface area contributed by atoms with E-state index in [0.717, 1.165) is 0 Å². The largest absolute Gasteiger partial charge is 0.460 e. The van der Waals surface area contributed by atoms with Crippen LogP contribution in [-0.4, -0.2) is 75.9 Å². The fourth-order valence-electron chi connectivity index (χ4n) is 5.08. The van der Waals surface area contributed by atoms with Crippen LogP contribution in [0.3, 0.4) is 0 Å². The molecule has 3 fully saturated rings. The Bertz CT molecular complexity index is 674. The molecule has 1 N–H and O–H groups in total. The summed E-state index contributed by atoms with van der Waals surface area (Å²) in [5.74, 6) is -1.28. The van der Waals surface area contributed by atoms with Crippen molar-refractivity contribution < 1.29 is 32.6 Å². The lowest BCUT2D eigenvalue weighted by Gasteiger charge is -2.48. The number of hydrogen-bond acceptors (Lipinski definition) is 5. The molecule has 5 unspecified atom stereocenters. The molecule has 0 radical (unpaired) electrons. The van der Waals surface area contributed by atoms with Gasteiger partial charge in [-0.1, -0.05) is 0 Å². The molecule has 0 aromatic heterocycles. The number of piperidine rings is 2. The van der Waals surface area contributed by atoms with Gasteiger partial charge >= 0.3 is 12.1 Å². The predicted molar refractivity (Wildman–Crippen MR) is 98.8 cm³/mol. The van der Waals surface area contributed by atoms with E-state index in [-0.39, 0.29) is 30.5 Å². The Kier molecular flexibility index (Phi) is 5.48. The fourth-order valence-corrected chi connectivity index (χ4v) is 5.08. The number of fused-ring (bicyclic) bond motifs is 2. The molecule has 3 aliphatic heterocycles. The van der Waals surface area contributed by atoms with Crippen molar-refractivity contribution in [3.05, 3.63) is 0 Å². The number of aliphatic hydroxyl groups is 1. The van der Waals surface area contributed by atoms with E-state index in [4.69, 9.17) is 4.74 Å². The first-order valence-electron chi connectivity index (χ1n) is 10.1. The summed E-state index contributed by atoms with van der Waals surface area (Å²) in [6.07, 6.45) is -5.69. The second kappa shape index (κ2) is 7.11. The van der Waals surface area contributed by atoms with Gasteiger partial charge < -0.3 is 14.7 Å². The van der Waals surface area contributed by atoms with Crippen molar-refractivity contribution in [1.82, 2.24) is 9.80 Å². The molecule has 166 valence electrons. The fraction of sp³-hybridized carbons (Fsp3) is 0.900. The number of alkyl halides is 3. The third kappa shape index (κ3) is 4.55. The Morgan fingerprint density at radius 2 is 1.66 bits per heavy atom. The maximum atomic E-state index is 12.8. The van der Waals surface area contributed by atoms with Crippen LogP contribution in [0.25, 0.3) is 0 Å². The Morgan fingerprint density at radius 1 is 1.07 bits per heavy atom. The summed E-state index contributed by atoms with van der Waals surface area (Å²) in [6, 6.07) is -1.18. The van der Waals surface area contributed by atoms with Crippen molar-refractivity contribution in [2.24, 2.45) is 11.3 Å². The second-order valence-corrected chi connectivity index (χ2v) is 10.3. The third-order valence-electron chi connectivity index (χ3n) is 6.16. The summed E-state index contributed by atoms with van der Waals surface area (Å²) < 4.78 is 43.8. The highest BCUT2D eigenvalue weighted by Crippen LogP contribution is 2.47. The minimum Gasteiger partial charge on any atom is -0.460 e. The third-order valence-corrected chi connectivity index (χ3v) is 6.16. The summed E-state index contributed by atoms with van der Waals surface area (Å²) in [7, 11) is 0. The number of ether oxygens (including phenoxy) is 1. The van der Waals surface area contributed by atoms with Gasteiger partial charge in [0, 0.05) is 25.2 Å². The Labute approximate surface area is 169 Å². The smallest absolute Gasteiger partial charge is 0.397 e. The summed E-state index contributed by atoms with van der Waals surface area (Å²) >= 11 is 0. The minimum atomic E-state index is -4.57. The van der Waals surface area contributed by atoms with Crippen LogP contribution in [0.15, 0.2) is 0 Å². The maximum absolute atomic E-state index is 12.8. The molecule has 3 saturated heterocycles. The second-order valence-electron chi connectivity index (χ2n) is 10.3. The van der Waals surface area contributed by atoms with Crippen LogP contribution in [0, 0.1) is 11.3 Å². The lowest BCUT2D eigenvalue weighted by atomic mass is 9.83. The predicted octanol–water partition coefficient (Wildman–Crippen LogP) is 2.34. The topological polar surface area (TPSA) is 70.1 Å². The lowest BCUT2D eigenvalue weighted by Crippen LogP contribution is -2.59. The van der Waals surface area contributed by atoms with Gasteiger partial charge in [-0.2, -0.15) is 13.2 Å². The van der Waals surface area contributed by atoms with E-state index in [1.54, 1.807) is 34.6 Å². The van der Waals surface area contributed by atoms with Gasteiger partial charge in [0.1, 0.15) is 12.0 Å². The van der Waals surface area contributed by atoms with Gasteiger partial charge in [-0.15, -0.1) is 0 Å². The molecule has 3 bridgehead atoms. The average molecular weight is 420 g/mol. The van der Waals surface area contributed by atoms with Crippen LogP contribution in [0.4, 0.5) is 13.2 Å². The van der Waals surface area contributed by atoms with Gasteiger partial charge in [-0.25, -0.2) is 0 Å². The van der Waals surface area contributed by atoms with Crippen molar-refractivity contribution in [3.63, 3.8) is 0 Å². The van der Waals surface area contributed by atoms with E-state index in [1.807, 2.05) is 4.90 Å². The zero-order valence-corrected chi connectivity index (χ0v) is 17.6. The molecule has 0 spiro atoms. The molecule has 0 aliphatic carbocycles. The summed E-state index contributed by atoms with van der Waals surface area (Å²) in [4.78, 5) is 28.2. The zero-order valence-electron chi connectivity index (χ0n) is 17.6. The molecule has 5 atom stereocenters. The SMILES string of the molecule is CC(C)(C)OC(=O)C(C)(C)CN1C2CC3CC1C(C2O)N(C(=O)CC(F)(F)F)C3. The highest BCUT2D eigenvalue weighted by atomic mass is 19.4. The summed E-state index contributed by atoms with van der Waals surface area (Å²) in [5.41, 5.74) is -1.49. The highest BCUT2D eigenvalue weighted by molar-refractivity contribution is 5.78. The lowest BCUT2D eigenvalue weighted by molar-refractivity contribution is -0.170. The number of halogens is 3. The Balaban J connectivity index is 1.78. The van der Waals surface area contributed by atoms with Gasteiger partial charge in [0.05, 0.1) is 17.6 Å². The number of carbonyl (C=O) groups excluding carboxylic acids is 2. The molecule has 0 aromatic carbocycles. The first-order chi connectivity index (χ1) is 13.1. The molecule has 0 aromatic rings.